The van der Waals surface area contributed by atoms with Crippen LogP contribution in [0.4, 0.5) is 10.1 Å². The Morgan fingerprint density at radius 1 is 1.47 bits per heavy atom. The molecule has 0 unspecified atom stereocenters. The van der Waals surface area contributed by atoms with Gasteiger partial charge in [-0.05, 0) is 30.5 Å². The summed E-state index contributed by atoms with van der Waals surface area (Å²) in [5.41, 5.74) is 6.13. The van der Waals surface area contributed by atoms with Crippen molar-refractivity contribution >= 4 is 24.0 Å². The molecule has 1 aromatic rings. The van der Waals surface area contributed by atoms with Gasteiger partial charge < -0.3 is 11.1 Å². The maximum absolute atomic E-state index is 12.8. The first-order chi connectivity index (χ1) is 7.49. The van der Waals surface area contributed by atoms with Crippen LogP contribution in [-0.2, 0) is 4.79 Å². The van der Waals surface area contributed by atoms with Crippen molar-refractivity contribution < 1.29 is 9.18 Å². The molecule has 0 heterocycles. The van der Waals surface area contributed by atoms with E-state index in [4.69, 9.17) is 5.73 Å². The molecular weight excluding hydrogens is 243 g/mol. The highest BCUT2D eigenvalue weighted by molar-refractivity contribution is 5.94. The molecule has 1 atom stereocenters. The zero-order valence-corrected chi connectivity index (χ0v) is 10.8. The average molecular weight is 261 g/mol. The Bertz CT molecular complexity index is 371. The number of hydrogen-bond acceptors (Lipinski definition) is 2. The van der Waals surface area contributed by atoms with Crippen molar-refractivity contribution in [3.8, 4) is 0 Å². The highest BCUT2D eigenvalue weighted by atomic mass is 35.5. The zero-order chi connectivity index (χ0) is 12.1. The van der Waals surface area contributed by atoms with Crippen molar-refractivity contribution in [2.45, 2.75) is 26.3 Å². The molecule has 1 aromatic carbocycles. The van der Waals surface area contributed by atoms with Gasteiger partial charge >= 0.3 is 0 Å². The molecule has 0 fully saturated rings. The van der Waals surface area contributed by atoms with Gasteiger partial charge in [0.25, 0.3) is 0 Å². The smallest absolute Gasteiger partial charge is 0.241 e. The minimum Gasteiger partial charge on any atom is -0.325 e. The summed E-state index contributed by atoms with van der Waals surface area (Å²) >= 11 is 0. The van der Waals surface area contributed by atoms with Crippen LogP contribution in [0.15, 0.2) is 24.3 Å². The van der Waals surface area contributed by atoms with Crippen LogP contribution in [0.2, 0.25) is 0 Å². The molecule has 0 saturated heterocycles. The van der Waals surface area contributed by atoms with Gasteiger partial charge in [-0.1, -0.05) is 19.9 Å². The number of amides is 1. The molecule has 17 heavy (non-hydrogen) atoms. The van der Waals surface area contributed by atoms with Crippen LogP contribution in [0.1, 0.15) is 20.3 Å². The van der Waals surface area contributed by atoms with Crippen LogP contribution in [-0.4, -0.2) is 11.9 Å². The van der Waals surface area contributed by atoms with E-state index in [0.717, 1.165) is 0 Å². The predicted molar refractivity (Wildman–Crippen MR) is 69.7 cm³/mol. The first kappa shape index (κ1) is 15.9. The minimum absolute atomic E-state index is 0. The van der Waals surface area contributed by atoms with Gasteiger partial charge in [0.05, 0.1) is 6.04 Å². The number of hydrogen-bond donors (Lipinski definition) is 2. The molecule has 0 spiro atoms. The van der Waals surface area contributed by atoms with E-state index in [1.807, 2.05) is 13.8 Å². The lowest BCUT2D eigenvalue weighted by Gasteiger charge is -2.14. The third-order valence-corrected chi connectivity index (χ3v) is 2.15. The molecule has 0 aliphatic heterocycles. The fourth-order valence-corrected chi connectivity index (χ4v) is 1.42. The Hall–Kier alpha value is -1.13. The Morgan fingerprint density at radius 2 is 2.12 bits per heavy atom. The summed E-state index contributed by atoms with van der Waals surface area (Å²) in [6.45, 7) is 3.99. The maximum atomic E-state index is 12.8. The highest BCUT2D eigenvalue weighted by Crippen LogP contribution is 2.10. The van der Waals surface area contributed by atoms with Crippen molar-refractivity contribution in [3.63, 3.8) is 0 Å². The average Bonchev–Trinajstić information content (AvgIpc) is 2.16. The van der Waals surface area contributed by atoms with E-state index in [2.05, 4.69) is 5.32 Å². The number of nitrogens with one attached hydrogen (secondary N) is 1. The predicted octanol–water partition coefficient (Wildman–Crippen LogP) is 2.56. The largest absolute Gasteiger partial charge is 0.325 e. The fraction of sp³-hybridized carbons (Fsp3) is 0.417. The van der Waals surface area contributed by atoms with Gasteiger partial charge in [-0.3, -0.25) is 4.79 Å². The van der Waals surface area contributed by atoms with Gasteiger partial charge in [0.15, 0.2) is 0 Å². The molecule has 0 aliphatic rings. The SMILES string of the molecule is CC(C)C[C@H](N)C(=O)Nc1cccc(F)c1.Cl. The summed E-state index contributed by atoms with van der Waals surface area (Å²) in [6, 6.07) is 5.20. The Morgan fingerprint density at radius 3 is 2.65 bits per heavy atom. The van der Waals surface area contributed by atoms with Gasteiger partial charge in [-0.15, -0.1) is 12.4 Å². The van der Waals surface area contributed by atoms with Gasteiger partial charge in [0.1, 0.15) is 5.82 Å². The van der Waals surface area contributed by atoms with Crippen LogP contribution < -0.4 is 11.1 Å². The topological polar surface area (TPSA) is 55.1 Å². The summed E-state index contributed by atoms with van der Waals surface area (Å²) < 4.78 is 12.8. The number of rotatable bonds is 4. The Labute approximate surface area is 107 Å². The highest BCUT2D eigenvalue weighted by Gasteiger charge is 2.14. The first-order valence-corrected chi connectivity index (χ1v) is 5.31. The van der Waals surface area contributed by atoms with Crippen LogP contribution in [0, 0.1) is 11.7 Å². The number of benzene rings is 1. The molecule has 0 bridgehead atoms. The van der Waals surface area contributed by atoms with E-state index in [1.54, 1.807) is 12.1 Å². The van der Waals surface area contributed by atoms with E-state index in [-0.39, 0.29) is 24.1 Å². The molecule has 0 radical (unpaired) electrons. The summed E-state index contributed by atoms with van der Waals surface area (Å²) in [5, 5.41) is 2.58. The van der Waals surface area contributed by atoms with Crippen molar-refractivity contribution in [1.82, 2.24) is 0 Å². The molecule has 3 N–H and O–H groups in total. The summed E-state index contributed by atoms with van der Waals surface area (Å²) in [6.07, 6.45) is 0.612. The minimum atomic E-state index is -0.553. The second-order valence-electron chi connectivity index (χ2n) is 4.24. The molecule has 3 nitrogen and oxygen atoms in total. The van der Waals surface area contributed by atoms with Crippen LogP contribution in [0.5, 0.6) is 0 Å². The second kappa shape index (κ2) is 7.25. The quantitative estimate of drug-likeness (QED) is 0.874. The first-order valence-electron chi connectivity index (χ1n) is 5.31. The molecule has 5 heteroatoms. The number of halogens is 2. The van der Waals surface area contributed by atoms with Gasteiger partial charge in [-0.25, -0.2) is 4.39 Å². The fourth-order valence-electron chi connectivity index (χ4n) is 1.42. The van der Waals surface area contributed by atoms with Crippen LogP contribution >= 0.6 is 12.4 Å². The number of carbonyl (C=O) groups excluding carboxylic acids is 1. The van der Waals surface area contributed by atoms with E-state index in [0.29, 0.717) is 18.0 Å². The van der Waals surface area contributed by atoms with Gasteiger partial charge in [-0.2, -0.15) is 0 Å². The third kappa shape index (κ3) is 5.65. The Kier molecular flexibility index (Phi) is 6.76. The Balaban J connectivity index is 0.00000256. The number of anilines is 1. The van der Waals surface area contributed by atoms with E-state index < -0.39 is 6.04 Å². The molecular formula is C12H18ClFN2O. The zero-order valence-electron chi connectivity index (χ0n) is 9.94. The standard InChI is InChI=1S/C12H17FN2O.ClH/c1-8(2)6-11(14)12(16)15-10-5-3-4-9(13)7-10;/h3-5,7-8,11H,6,14H2,1-2H3,(H,15,16);1H/t11-;/m0./s1. The monoisotopic (exact) mass is 260 g/mol. The van der Waals surface area contributed by atoms with Crippen LogP contribution in [0.25, 0.3) is 0 Å². The van der Waals surface area contributed by atoms with E-state index in [1.165, 1.54) is 12.1 Å². The molecule has 0 saturated carbocycles. The van der Waals surface area contributed by atoms with Crippen LogP contribution in [0.3, 0.4) is 0 Å². The van der Waals surface area contributed by atoms with Gasteiger partial charge in [0.2, 0.25) is 5.91 Å². The molecule has 96 valence electrons. The number of nitrogens with two attached hydrogens (primary N) is 1. The van der Waals surface area contributed by atoms with Crippen molar-refractivity contribution in [2.24, 2.45) is 11.7 Å². The third-order valence-electron chi connectivity index (χ3n) is 2.15. The maximum Gasteiger partial charge on any atom is 0.241 e. The lowest BCUT2D eigenvalue weighted by atomic mass is 10.0. The van der Waals surface area contributed by atoms with Crippen molar-refractivity contribution in [2.75, 3.05) is 5.32 Å². The van der Waals surface area contributed by atoms with Crippen molar-refractivity contribution in [1.29, 1.82) is 0 Å². The summed E-state index contributed by atoms with van der Waals surface area (Å²) in [5.74, 6) is -0.303. The van der Waals surface area contributed by atoms with Crippen molar-refractivity contribution in [3.05, 3.63) is 30.1 Å². The number of carbonyl (C=O) groups is 1. The van der Waals surface area contributed by atoms with Gasteiger partial charge in [0, 0.05) is 5.69 Å². The molecule has 0 aromatic heterocycles. The van der Waals surface area contributed by atoms with E-state index in [9.17, 15) is 9.18 Å². The lowest BCUT2D eigenvalue weighted by molar-refractivity contribution is -0.117. The normalized spacial score (nSPS) is 11.8. The molecule has 1 rings (SSSR count). The molecule has 1 amide bonds. The second-order valence-corrected chi connectivity index (χ2v) is 4.24. The summed E-state index contributed by atoms with van der Waals surface area (Å²) in [4.78, 5) is 11.6. The lowest BCUT2D eigenvalue weighted by Crippen LogP contribution is -2.36. The molecule has 0 aliphatic carbocycles. The summed E-state index contributed by atoms with van der Waals surface area (Å²) in [7, 11) is 0. The van der Waals surface area contributed by atoms with E-state index >= 15 is 0 Å².